The Morgan fingerprint density at radius 3 is 2.84 bits per heavy atom. The van der Waals surface area contributed by atoms with E-state index in [0.717, 1.165) is 33.4 Å². The topological polar surface area (TPSA) is 97.7 Å². The molecule has 8 nitrogen and oxygen atoms in total. The largest absolute Gasteiger partial charge is 0.484 e. The van der Waals surface area contributed by atoms with Crippen LogP contribution in [0, 0.1) is 6.92 Å². The van der Waals surface area contributed by atoms with Crippen LogP contribution in [0.15, 0.2) is 36.5 Å². The van der Waals surface area contributed by atoms with Crippen molar-refractivity contribution in [3.05, 3.63) is 58.5 Å². The maximum Gasteiger partial charge on any atom is 0.258 e. The van der Waals surface area contributed by atoms with Gasteiger partial charge in [0.2, 0.25) is 0 Å². The summed E-state index contributed by atoms with van der Waals surface area (Å²) in [5.41, 5.74) is 3.64. The van der Waals surface area contributed by atoms with Gasteiger partial charge in [0.05, 0.1) is 16.7 Å². The monoisotopic (exact) mass is 452 g/mol. The van der Waals surface area contributed by atoms with E-state index in [-0.39, 0.29) is 18.6 Å². The molecule has 4 aromatic rings. The van der Waals surface area contributed by atoms with Gasteiger partial charge in [0.1, 0.15) is 11.6 Å². The average Bonchev–Trinajstić information content (AvgIpc) is 3.36. The van der Waals surface area contributed by atoms with E-state index in [1.54, 1.807) is 10.9 Å². The second-order valence-electron chi connectivity index (χ2n) is 8.01. The van der Waals surface area contributed by atoms with Crippen LogP contribution in [-0.2, 0) is 18.3 Å². The van der Waals surface area contributed by atoms with Gasteiger partial charge >= 0.3 is 0 Å². The van der Waals surface area contributed by atoms with Crippen molar-refractivity contribution in [2.45, 2.75) is 33.2 Å². The third-order valence-corrected chi connectivity index (χ3v) is 5.53. The predicted molar refractivity (Wildman–Crippen MR) is 124 cm³/mol. The third-order valence-electron chi connectivity index (χ3n) is 5.08. The first-order chi connectivity index (χ1) is 15.3. The van der Waals surface area contributed by atoms with Gasteiger partial charge in [0.15, 0.2) is 12.4 Å². The summed E-state index contributed by atoms with van der Waals surface area (Å²) in [4.78, 5) is 16.6. The zero-order valence-corrected chi connectivity index (χ0v) is 19.2. The van der Waals surface area contributed by atoms with E-state index >= 15 is 0 Å². The summed E-state index contributed by atoms with van der Waals surface area (Å²) < 4.78 is 7.42. The van der Waals surface area contributed by atoms with Crippen molar-refractivity contribution in [2.75, 3.05) is 6.61 Å². The molecular formula is C23H25ClN6O2. The van der Waals surface area contributed by atoms with Gasteiger partial charge in [0.25, 0.3) is 5.91 Å². The number of hydrogen-bond donors (Lipinski definition) is 2. The number of H-pyrrole nitrogens is 1. The normalized spacial score (nSPS) is 11.3. The quantitative estimate of drug-likeness (QED) is 0.444. The van der Waals surface area contributed by atoms with Crippen molar-refractivity contribution < 1.29 is 9.53 Å². The summed E-state index contributed by atoms with van der Waals surface area (Å²) in [6, 6.07) is 9.71. The van der Waals surface area contributed by atoms with Gasteiger partial charge in [-0.15, -0.1) is 0 Å². The number of carbonyl (C=O) groups is 1. The Labute approximate surface area is 190 Å². The molecule has 0 atom stereocenters. The van der Waals surface area contributed by atoms with Gasteiger partial charge < -0.3 is 10.1 Å². The molecule has 2 N–H and O–H groups in total. The fraction of sp³-hybridized carbons (Fsp3) is 0.304. The number of hydrogen-bond acceptors (Lipinski definition) is 5. The van der Waals surface area contributed by atoms with Crippen LogP contribution < -0.4 is 10.1 Å². The number of fused-ring (bicyclic) bond motifs is 1. The van der Waals surface area contributed by atoms with Gasteiger partial charge in [0, 0.05) is 30.5 Å². The molecule has 0 spiro atoms. The zero-order chi connectivity index (χ0) is 22.8. The number of carbonyl (C=O) groups excluding carboxylic acids is 1. The number of nitrogens with zero attached hydrogens (tertiary/aromatic N) is 4. The van der Waals surface area contributed by atoms with Crippen molar-refractivity contribution in [3.8, 4) is 17.1 Å². The van der Waals surface area contributed by atoms with Gasteiger partial charge in [-0.3, -0.25) is 14.6 Å². The van der Waals surface area contributed by atoms with Crippen molar-refractivity contribution in [3.63, 3.8) is 0 Å². The lowest BCUT2D eigenvalue weighted by molar-refractivity contribution is -0.123. The van der Waals surface area contributed by atoms with E-state index in [1.807, 2.05) is 58.2 Å². The highest BCUT2D eigenvalue weighted by atomic mass is 35.5. The van der Waals surface area contributed by atoms with E-state index in [4.69, 9.17) is 21.3 Å². The molecule has 0 unspecified atom stereocenters. The van der Waals surface area contributed by atoms with Gasteiger partial charge in [-0.25, -0.2) is 4.98 Å². The smallest absolute Gasteiger partial charge is 0.258 e. The number of halogens is 1. The van der Waals surface area contributed by atoms with Gasteiger partial charge in [-0.1, -0.05) is 17.7 Å². The maximum atomic E-state index is 11.8. The number of aryl methyl sites for hydroxylation is 2. The molecular weight excluding hydrogens is 428 g/mol. The molecule has 2 heterocycles. The number of aromatic amines is 1. The lowest BCUT2D eigenvalue weighted by Gasteiger charge is -2.11. The molecule has 0 saturated heterocycles. The molecule has 0 aliphatic heterocycles. The van der Waals surface area contributed by atoms with Crippen LogP contribution >= 0.6 is 11.6 Å². The lowest BCUT2D eigenvalue weighted by atomic mass is 10.1. The highest BCUT2D eigenvalue weighted by molar-refractivity contribution is 6.36. The van der Waals surface area contributed by atoms with E-state index < -0.39 is 0 Å². The first-order valence-electron chi connectivity index (χ1n) is 10.4. The van der Waals surface area contributed by atoms with Crippen LogP contribution in [0.3, 0.4) is 0 Å². The Hall–Kier alpha value is -3.39. The van der Waals surface area contributed by atoms with Crippen LogP contribution in [0.25, 0.3) is 22.3 Å². The average molecular weight is 453 g/mol. The molecule has 166 valence electrons. The minimum absolute atomic E-state index is 0.0217. The van der Waals surface area contributed by atoms with Crippen molar-refractivity contribution in [1.82, 2.24) is 30.3 Å². The molecule has 32 heavy (non-hydrogen) atoms. The summed E-state index contributed by atoms with van der Waals surface area (Å²) in [5.74, 6) is 1.93. The molecule has 9 heteroatoms. The molecule has 1 amide bonds. The summed E-state index contributed by atoms with van der Waals surface area (Å²) in [6.45, 7) is 5.74. The standard InChI is InChI=1S/C23H25ClN6O2/c1-13(2)26-21(31)12-32-19-8-6-16(9-14(19)3)23-27-20(30(4)29-23)10-15-5-7-18-17(22(15)24)11-25-28-18/h5-9,11,13H,10,12H2,1-4H3,(H,25,28)(H,26,31). The molecule has 0 fully saturated rings. The highest BCUT2D eigenvalue weighted by Crippen LogP contribution is 2.28. The Kier molecular flexibility index (Phi) is 6.14. The molecule has 0 aliphatic rings. The first kappa shape index (κ1) is 21.8. The summed E-state index contributed by atoms with van der Waals surface area (Å²) >= 11 is 6.57. The number of rotatable bonds is 7. The van der Waals surface area contributed by atoms with Crippen molar-refractivity contribution in [1.29, 1.82) is 0 Å². The fourth-order valence-corrected chi connectivity index (χ4v) is 3.77. The summed E-state index contributed by atoms with van der Waals surface area (Å²) in [7, 11) is 1.87. The van der Waals surface area contributed by atoms with Crippen LogP contribution in [-0.4, -0.2) is 43.5 Å². The second-order valence-corrected chi connectivity index (χ2v) is 8.39. The third kappa shape index (κ3) is 4.60. The Morgan fingerprint density at radius 2 is 2.09 bits per heavy atom. The fourth-order valence-electron chi connectivity index (χ4n) is 3.49. The molecule has 0 aliphatic carbocycles. The molecule has 2 aromatic heterocycles. The number of amides is 1. The maximum absolute atomic E-state index is 11.8. The van der Waals surface area contributed by atoms with Gasteiger partial charge in [-0.05, 0) is 56.2 Å². The summed E-state index contributed by atoms with van der Waals surface area (Å²) in [6.07, 6.45) is 2.27. The van der Waals surface area contributed by atoms with E-state index in [1.165, 1.54) is 0 Å². The van der Waals surface area contributed by atoms with E-state index in [9.17, 15) is 4.79 Å². The van der Waals surface area contributed by atoms with Crippen LogP contribution in [0.5, 0.6) is 5.75 Å². The number of nitrogens with one attached hydrogen (secondary N) is 2. The zero-order valence-electron chi connectivity index (χ0n) is 18.4. The van der Waals surface area contributed by atoms with Crippen LogP contribution in [0.2, 0.25) is 5.02 Å². The van der Waals surface area contributed by atoms with E-state index in [0.29, 0.717) is 23.0 Å². The molecule has 0 saturated carbocycles. The second kappa shape index (κ2) is 9.00. The van der Waals surface area contributed by atoms with E-state index in [2.05, 4.69) is 20.6 Å². The van der Waals surface area contributed by atoms with Crippen molar-refractivity contribution in [2.24, 2.45) is 7.05 Å². The lowest BCUT2D eigenvalue weighted by Crippen LogP contribution is -2.34. The minimum Gasteiger partial charge on any atom is -0.484 e. The Balaban J connectivity index is 1.51. The Morgan fingerprint density at radius 1 is 1.28 bits per heavy atom. The molecule has 0 bridgehead atoms. The highest BCUT2D eigenvalue weighted by Gasteiger charge is 2.15. The summed E-state index contributed by atoms with van der Waals surface area (Å²) in [5, 5.41) is 15.9. The number of aromatic nitrogens is 5. The molecule has 2 aromatic carbocycles. The first-order valence-corrected chi connectivity index (χ1v) is 10.7. The van der Waals surface area contributed by atoms with Crippen molar-refractivity contribution >= 4 is 28.4 Å². The van der Waals surface area contributed by atoms with Gasteiger partial charge in [-0.2, -0.15) is 10.2 Å². The molecule has 4 rings (SSSR count). The minimum atomic E-state index is -0.147. The van der Waals surface area contributed by atoms with Crippen LogP contribution in [0.4, 0.5) is 0 Å². The number of ether oxygens (including phenoxy) is 1. The molecule has 0 radical (unpaired) electrons. The Bertz CT molecular complexity index is 1280. The SMILES string of the molecule is Cc1cc(-c2nc(Cc3ccc4[nH]ncc4c3Cl)n(C)n2)ccc1OCC(=O)NC(C)C. The number of benzene rings is 2. The van der Waals surface area contributed by atoms with Crippen LogP contribution in [0.1, 0.15) is 30.8 Å². The predicted octanol–water partition coefficient (Wildman–Crippen LogP) is 3.81.